The maximum Gasteiger partial charge on any atom is 0.229 e. The van der Waals surface area contributed by atoms with Crippen LogP contribution in [0.3, 0.4) is 0 Å². The maximum atomic E-state index is 13.6. The zero-order valence-electron chi connectivity index (χ0n) is 16.4. The third-order valence-corrected chi connectivity index (χ3v) is 5.49. The van der Waals surface area contributed by atoms with E-state index in [2.05, 4.69) is 35.8 Å². The van der Waals surface area contributed by atoms with Crippen LogP contribution >= 0.6 is 0 Å². The molecule has 0 radical (unpaired) electrons. The van der Waals surface area contributed by atoms with Gasteiger partial charge in [-0.05, 0) is 36.8 Å². The summed E-state index contributed by atoms with van der Waals surface area (Å²) in [4.78, 5) is 12.9. The number of aromatic amines is 1. The van der Waals surface area contributed by atoms with E-state index in [1.807, 2.05) is 0 Å². The van der Waals surface area contributed by atoms with E-state index in [0.29, 0.717) is 33.8 Å². The Morgan fingerprint density at radius 3 is 2.63 bits per heavy atom. The lowest BCUT2D eigenvalue weighted by molar-refractivity contribution is 0.602. The van der Waals surface area contributed by atoms with Crippen molar-refractivity contribution >= 4 is 38.3 Å². The van der Waals surface area contributed by atoms with Gasteiger partial charge >= 0.3 is 0 Å². The fraction of sp³-hybridized carbons (Fsp3) is 0.158. The Bertz CT molecular complexity index is 1370. The number of H-pyrrole nitrogens is 1. The smallest absolute Gasteiger partial charge is 0.229 e. The first-order chi connectivity index (χ1) is 14.2. The van der Waals surface area contributed by atoms with Crippen molar-refractivity contribution in [2.45, 2.75) is 11.8 Å². The molecule has 0 aliphatic heterocycles. The van der Waals surface area contributed by atoms with Gasteiger partial charge in [0.05, 0.1) is 16.7 Å². The van der Waals surface area contributed by atoms with Crippen LogP contribution in [0.5, 0.6) is 0 Å². The lowest BCUT2D eigenvalue weighted by Crippen LogP contribution is -2.04. The van der Waals surface area contributed by atoms with E-state index >= 15 is 0 Å². The molecule has 9 nitrogen and oxygen atoms in total. The van der Waals surface area contributed by atoms with Gasteiger partial charge in [0.15, 0.2) is 15.5 Å². The molecule has 0 aliphatic carbocycles. The third kappa shape index (κ3) is 3.79. The molecule has 0 bridgehead atoms. The first kappa shape index (κ1) is 19.7. The summed E-state index contributed by atoms with van der Waals surface area (Å²) >= 11 is 0. The Morgan fingerprint density at radius 2 is 1.90 bits per heavy atom. The average molecular weight is 427 g/mol. The number of nitrogens with zero attached hydrogens (tertiary/aromatic N) is 4. The molecule has 0 amide bonds. The number of hydrogen-bond acceptors (Lipinski definition) is 8. The second kappa shape index (κ2) is 7.34. The largest absolute Gasteiger partial charge is 0.372 e. The molecule has 1 aromatic carbocycles. The van der Waals surface area contributed by atoms with Gasteiger partial charge in [-0.1, -0.05) is 0 Å². The Kier molecular flexibility index (Phi) is 4.82. The molecule has 30 heavy (non-hydrogen) atoms. The number of anilines is 3. The summed E-state index contributed by atoms with van der Waals surface area (Å²) < 4.78 is 37.4. The molecular weight excluding hydrogens is 409 g/mol. The Morgan fingerprint density at radius 1 is 1.10 bits per heavy atom. The Balaban J connectivity index is 1.73. The van der Waals surface area contributed by atoms with Crippen LogP contribution in [-0.4, -0.2) is 46.9 Å². The van der Waals surface area contributed by atoms with E-state index in [-0.39, 0.29) is 10.8 Å². The second-order valence-electron chi connectivity index (χ2n) is 6.76. The summed E-state index contributed by atoms with van der Waals surface area (Å²) in [5, 5.41) is 13.5. The van der Waals surface area contributed by atoms with Gasteiger partial charge in [0.1, 0.15) is 17.3 Å². The van der Waals surface area contributed by atoms with Gasteiger partial charge in [-0.25, -0.2) is 22.8 Å². The van der Waals surface area contributed by atoms with Gasteiger partial charge in [0, 0.05) is 30.6 Å². The topological polar surface area (TPSA) is 126 Å². The number of pyridine rings is 1. The van der Waals surface area contributed by atoms with Crippen molar-refractivity contribution in [3.05, 3.63) is 48.0 Å². The average Bonchev–Trinajstić information content (AvgIpc) is 3.09. The van der Waals surface area contributed by atoms with Gasteiger partial charge in [-0.3, -0.25) is 5.10 Å². The van der Waals surface area contributed by atoms with E-state index in [9.17, 15) is 12.8 Å². The molecule has 3 N–H and O–H groups in total. The number of aromatic nitrogens is 5. The summed E-state index contributed by atoms with van der Waals surface area (Å²) in [5.74, 6) is 0.245. The van der Waals surface area contributed by atoms with Crippen LogP contribution in [0.1, 0.15) is 5.56 Å². The molecule has 4 aromatic rings. The molecule has 4 rings (SSSR count). The lowest BCUT2D eigenvalue weighted by Gasteiger charge is -2.11. The molecule has 0 saturated carbocycles. The Hall–Kier alpha value is -3.60. The number of aryl methyl sites for hydroxylation is 1. The highest BCUT2D eigenvalue weighted by molar-refractivity contribution is 7.90. The van der Waals surface area contributed by atoms with Crippen LogP contribution in [0.2, 0.25) is 0 Å². The number of halogens is 1. The van der Waals surface area contributed by atoms with Gasteiger partial charge < -0.3 is 10.6 Å². The number of sulfone groups is 1. The summed E-state index contributed by atoms with van der Waals surface area (Å²) in [6, 6.07) is 6.25. The van der Waals surface area contributed by atoms with Crippen LogP contribution in [0, 0.1) is 12.7 Å². The second-order valence-corrected chi connectivity index (χ2v) is 8.78. The van der Waals surface area contributed by atoms with Crippen LogP contribution in [0.25, 0.3) is 22.3 Å². The van der Waals surface area contributed by atoms with Gasteiger partial charge in [-0.15, -0.1) is 0 Å². The molecular formula is C19H18FN7O2S. The molecule has 11 heteroatoms. The first-order valence-electron chi connectivity index (χ1n) is 8.88. The Labute approximate surface area is 171 Å². The molecule has 0 aliphatic rings. The predicted molar refractivity (Wildman–Crippen MR) is 112 cm³/mol. The van der Waals surface area contributed by atoms with E-state index in [1.54, 1.807) is 32.3 Å². The van der Waals surface area contributed by atoms with Gasteiger partial charge in [-0.2, -0.15) is 10.1 Å². The summed E-state index contributed by atoms with van der Waals surface area (Å²) in [7, 11) is -1.66. The fourth-order valence-electron chi connectivity index (χ4n) is 3.05. The zero-order valence-corrected chi connectivity index (χ0v) is 17.2. The third-order valence-electron chi connectivity index (χ3n) is 4.40. The lowest BCUT2D eigenvalue weighted by atomic mass is 10.1. The van der Waals surface area contributed by atoms with Gasteiger partial charge in [0.25, 0.3) is 0 Å². The SMILES string of the molecule is CNc1nc(Nc2cc(C)cc(S(C)(=O)=O)c2)ncc1-c1n[nH]c2ncc(F)cc12. The molecule has 0 unspecified atom stereocenters. The number of rotatable bonds is 5. The van der Waals surface area contributed by atoms with Crippen LogP contribution in [0.4, 0.5) is 21.8 Å². The molecule has 154 valence electrons. The van der Waals surface area contributed by atoms with E-state index in [0.717, 1.165) is 18.0 Å². The van der Waals surface area contributed by atoms with Crippen molar-refractivity contribution in [3.8, 4) is 11.3 Å². The quantitative estimate of drug-likeness (QED) is 0.444. The van der Waals surface area contributed by atoms with Crippen molar-refractivity contribution in [1.29, 1.82) is 0 Å². The van der Waals surface area contributed by atoms with Crippen LogP contribution < -0.4 is 10.6 Å². The van der Waals surface area contributed by atoms with E-state index in [1.165, 1.54) is 12.1 Å². The molecule has 0 fully saturated rings. The van der Waals surface area contributed by atoms with Gasteiger partial charge in [0.2, 0.25) is 5.95 Å². The number of fused-ring (bicyclic) bond motifs is 1. The van der Waals surface area contributed by atoms with E-state index < -0.39 is 15.7 Å². The number of hydrogen-bond donors (Lipinski definition) is 3. The van der Waals surface area contributed by atoms with Crippen LogP contribution in [-0.2, 0) is 9.84 Å². The number of nitrogens with one attached hydrogen (secondary N) is 3. The maximum absolute atomic E-state index is 13.6. The molecule has 0 spiro atoms. The normalized spacial score (nSPS) is 11.6. The van der Waals surface area contributed by atoms with Crippen molar-refractivity contribution in [2.75, 3.05) is 23.9 Å². The highest BCUT2D eigenvalue weighted by Crippen LogP contribution is 2.31. The van der Waals surface area contributed by atoms with Crippen LogP contribution in [0.15, 0.2) is 41.6 Å². The first-order valence-corrected chi connectivity index (χ1v) is 10.8. The monoisotopic (exact) mass is 427 g/mol. The molecule has 3 heterocycles. The summed E-state index contributed by atoms with van der Waals surface area (Å²) in [6.45, 7) is 1.80. The summed E-state index contributed by atoms with van der Waals surface area (Å²) in [6.07, 6.45) is 3.82. The minimum atomic E-state index is -3.36. The summed E-state index contributed by atoms with van der Waals surface area (Å²) in [5.41, 5.74) is 2.79. The highest BCUT2D eigenvalue weighted by atomic mass is 32.2. The zero-order chi connectivity index (χ0) is 21.5. The highest BCUT2D eigenvalue weighted by Gasteiger charge is 2.16. The standard InChI is InChI=1S/C19H18FN7O2S/c1-10-4-12(7-13(5-10)30(3,28)29)24-19-23-9-15(17(21-2)25-19)16-14-6-11(20)8-22-18(14)27-26-16/h4-9H,1-3H3,(H,22,26,27)(H2,21,23,24,25). The van der Waals surface area contributed by atoms with Crippen molar-refractivity contribution < 1.29 is 12.8 Å². The molecule has 0 saturated heterocycles. The van der Waals surface area contributed by atoms with Crippen molar-refractivity contribution in [2.24, 2.45) is 0 Å². The van der Waals surface area contributed by atoms with Crippen molar-refractivity contribution in [3.63, 3.8) is 0 Å². The molecule has 3 aromatic heterocycles. The minimum Gasteiger partial charge on any atom is -0.372 e. The number of benzene rings is 1. The van der Waals surface area contributed by atoms with Crippen molar-refractivity contribution in [1.82, 2.24) is 25.1 Å². The van der Waals surface area contributed by atoms with E-state index in [4.69, 9.17) is 0 Å². The minimum absolute atomic E-state index is 0.202. The predicted octanol–water partition coefficient (Wildman–Crippen LogP) is 3.05. The molecule has 0 atom stereocenters. The fourth-order valence-corrected chi connectivity index (χ4v) is 3.79.